The molecule has 0 aliphatic carbocycles. The first-order chi connectivity index (χ1) is 21.0. The van der Waals surface area contributed by atoms with Crippen LogP contribution in [0.2, 0.25) is 0 Å². The third kappa shape index (κ3) is 7.62. The lowest BCUT2D eigenvalue weighted by Gasteiger charge is -2.33. The lowest BCUT2D eigenvalue weighted by Crippen LogP contribution is -2.22. The normalized spacial score (nSPS) is 12.6. The molecule has 0 spiro atoms. The van der Waals surface area contributed by atoms with E-state index < -0.39 is 5.97 Å². The number of rotatable bonds is 14. The van der Waals surface area contributed by atoms with Crippen molar-refractivity contribution in [3.05, 3.63) is 76.7 Å². The quantitative estimate of drug-likeness (QED) is 0.0857. The highest BCUT2D eigenvalue weighted by Gasteiger charge is 2.24. The minimum Gasteiger partial charge on any atom is -0.477 e. The Kier molecular flexibility index (Phi) is 10.8. The number of nitriles is 1. The molecule has 0 amide bonds. The average Bonchev–Trinajstić information content (AvgIpc) is 3.69. The molecule has 7 heteroatoms. The van der Waals surface area contributed by atoms with Crippen molar-refractivity contribution in [3.8, 4) is 26.3 Å². The maximum atomic E-state index is 11.4. The van der Waals surface area contributed by atoms with E-state index in [1.165, 1.54) is 93.1 Å². The van der Waals surface area contributed by atoms with E-state index in [9.17, 15) is 15.2 Å². The number of hydrogen-bond donors (Lipinski definition) is 1. The van der Waals surface area contributed by atoms with Gasteiger partial charge in [-0.25, -0.2) is 4.79 Å². The van der Waals surface area contributed by atoms with E-state index in [2.05, 4.69) is 67.3 Å². The van der Waals surface area contributed by atoms with Gasteiger partial charge in [-0.1, -0.05) is 76.3 Å². The van der Waals surface area contributed by atoms with Crippen LogP contribution in [0.3, 0.4) is 0 Å². The number of carbonyl (C=O) groups is 1. The second-order valence-electron chi connectivity index (χ2n) is 10.9. The van der Waals surface area contributed by atoms with Gasteiger partial charge in [0.05, 0.1) is 11.4 Å². The molecule has 4 aromatic rings. The zero-order valence-corrected chi connectivity index (χ0v) is 27.3. The molecule has 222 valence electrons. The Balaban J connectivity index is 1.41. The molecule has 0 saturated heterocycles. The summed E-state index contributed by atoms with van der Waals surface area (Å²) in [4.78, 5) is 21.5. The number of nitrogens with zero attached hydrogens (tertiary/aromatic N) is 2. The summed E-state index contributed by atoms with van der Waals surface area (Å²) in [6.07, 6.45) is 12.5. The number of aliphatic carboxylic acids is 1. The van der Waals surface area contributed by atoms with E-state index in [4.69, 9.17) is 0 Å². The topological polar surface area (TPSA) is 64.3 Å². The molecule has 1 aliphatic rings. The number of unbranched alkanes of at least 4 members (excludes halogenated alkanes) is 6. The first-order valence-corrected chi connectivity index (χ1v) is 17.7. The summed E-state index contributed by atoms with van der Waals surface area (Å²) in [7, 11) is 0. The van der Waals surface area contributed by atoms with Crippen LogP contribution in [0.1, 0.15) is 75.7 Å². The van der Waals surface area contributed by atoms with Gasteiger partial charge >= 0.3 is 5.97 Å². The summed E-state index contributed by atoms with van der Waals surface area (Å²) < 4.78 is 0. The van der Waals surface area contributed by atoms with Crippen LogP contribution in [0.15, 0.2) is 76.0 Å². The predicted octanol–water partition coefficient (Wildman–Crippen LogP) is 11.4. The van der Waals surface area contributed by atoms with Crippen molar-refractivity contribution in [1.82, 2.24) is 0 Å². The Morgan fingerprint density at radius 3 is 2.23 bits per heavy atom. The number of benzene rings is 2. The van der Waals surface area contributed by atoms with E-state index in [1.807, 2.05) is 34.8 Å². The third-order valence-electron chi connectivity index (χ3n) is 7.71. The molecule has 0 radical (unpaired) electrons. The molecule has 0 bridgehead atoms. The van der Waals surface area contributed by atoms with Gasteiger partial charge in [0, 0.05) is 35.8 Å². The molecule has 0 saturated carbocycles. The predicted molar refractivity (Wildman–Crippen MR) is 184 cm³/mol. The molecule has 5 rings (SSSR count). The largest absolute Gasteiger partial charge is 0.477 e. The highest BCUT2D eigenvalue weighted by Crippen LogP contribution is 2.50. The van der Waals surface area contributed by atoms with Crippen molar-refractivity contribution < 1.29 is 9.90 Å². The number of fused-ring (bicyclic) bond motifs is 2. The minimum atomic E-state index is -1.21. The van der Waals surface area contributed by atoms with Crippen LogP contribution in [0.5, 0.6) is 0 Å². The maximum Gasteiger partial charge on any atom is 0.346 e. The highest BCUT2D eigenvalue weighted by molar-refractivity contribution is 7.99. The van der Waals surface area contributed by atoms with Crippen LogP contribution in [0, 0.1) is 11.3 Å². The van der Waals surface area contributed by atoms with Crippen molar-refractivity contribution in [2.45, 2.75) is 81.4 Å². The first-order valence-electron chi connectivity index (χ1n) is 15.3. The number of hydrogen-bond acceptors (Lipinski definition) is 6. The molecule has 4 nitrogen and oxygen atoms in total. The van der Waals surface area contributed by atoms with E-state index in [0.717, 1.165) is 29.1 Å². The summed E-state index contributed by atoms with van der Waals surface area (Å²) in [6, 6.07) is 23.6. The van der Waals surface area contributed by atoms with Gasteiger partial charge in [0.15, 0.2) is 0 Å². The summed E-state index contributed by atoms with van der Waals surface area (Å²) in [5.74, 6) is -1.21. The fourth-order valence-electron chi connectivity index (χ4n) is 5.39. The van der Waals surface area contributed by atoms with Gasteiger partial charge in [0.1, 0.15) is 11.6 Å². The van der Waals surface area contributed by atoms with Gasteiger partial charge in [-0.05, 0) is 85.0 Å². The zero-order valence-electron chi connectivity index (χ0n) is 24.9. The van der Waals surface area contributed by atoms with Crippen molar-refractivity contribution in [1.29, 1.82) is 5.26 Å². The van der Waals surface area contributed by atoms with E-state index in [-0.39, 0.29) is 5.57 Å². The lowest BCUT2D eigenvalue weighted by atomic mass is 10.1. The molecule has 0 fully saturated rings. The van der Waals surface area contributed by atoms with Gasteiger partial charge < -0.3 is 10.0 Å². The van der Waals surface area contributed by atoms with Crippen molar-refractivity contribution in [3.63, 3.8) is 0 Å². The Bertz CT molecular complexity index is 1640. The van der Waals surface area contributed by atoms with Crippen LogP contribution < -0.4 is 4.90 Å². The fourth-order valence-corrected chi connectivity index (χ4v) is 8.71. The first kappa shape index (κ1) is 31.1. The summed E-state index contributed by atoms with van der Waals surface area (Å²) in [5.41, 5.74) is 4.02. The van der Waals surface area contributed by atoms with Gasteiger partial charge in [-0.2, -0.15) is 5.26 Å². The lowest BCUT2D eigenvalue weighted by molar-refractivity contribution is -0.132. The number of carboxylic acid groups (broad SMARTS) is 1. The van der Waals surface area contributed by atoms with Crippen LogP contribution in [0.25, 0.3) is 26.3 Å². The summed E-state index contributed by atoms with van der Waals surface area (Å²) >= 11 is 5.49. The Morgan fingerprint density at radius 1 is 0.814 bits per heavy atom. The number of carboxylic acids is 1. The molecule has 2 aromatic carbocycles. The molecule has 0 unspecified atom stereocenters. The SMILES string of the molecule is CCCCCCc1ccc(-c2ccc(-c3ccc4c(c3)Sc3cc(/C=C(/C#N)C(=O)O)ccc3N4CCCCCC)s2)s1. The zero-order chi connectivity index (χ0) is 30.2. The van der Waals surface area contributed by atoms with Crippen LogP contribution >= 0.6 is 34.4 Å². The van der Waals surface area contributed by atoms with Crippen molar-refractivity contribution >= 4 is 57.9 Å². The molecule has 0 atom stereocenters. The number of thiophene rings is 2. The standard InChI is InChI=1S/C36H38N2O2S3/c1-3-5-7-9-11-28-14-17-32(41-28)33-19-18-31(42-33)26-13-16-30-35(23-26)43-34-22-25(21-27(24-37)36(39)40)12-15-29(34)38(30)20-10-8-6-4-2/h12-19,21-23H,3-11,20H2,1-2H3,(H,39,40)/b27-21-. The van der Waals surface area contributed by atoms with Gasteiger partial charge in [-0.15, -0.1) is 22.7 Å². The molecule has 2 aromatic heterocycles. The van der Waals surface area contributed by atoms with E-state index in [1.54, 1.807) is 17.8 Å². The fraction of sp³-hybridized carbons (Fsp3) is 0.333. The van der Waals surface area contributed by atoms with Gasteiger partial charge in [0.25, 0.3) is 0 Å². The second kappa shape index (κ2) is 14.9. The molecule has 1 aliphatic heterocycles. The Hall–Kier alpha value is -3.31. The highest BCUT2D eigenvalue weighted by atomic mass is 32.2. The average molecular weight is 627 g/mol. The molecule has 3 heterocycles. The second-order valence-corrected chi connectivity index (χ2v) is 14.3. The molecule has 43 heavy (non-hydrogen) atoms. The van der Waals surface area contributed by atoms with Crippen molar-refractivity contribution in [2.24, 2.45) is 0 Å². The van der Waals surface area contributed by atoms with Crippen molar-refractivity contribution in [2.75, 3.05) is 11.4 Å². The number of aryl methyl sites for hydroxylation is 1. The van der Waals surface area contributed by atoms with E-state index in [0.29, 0.717) is 0 Å². The maximum absolute atomic E-state index is 11.4. The molecular formula is C36H38N2O2S3. The smallest absolute Gasteiger partial charge is 0.346 e. The summed E-state index contributed by atoms with van der Waals surface area (Å²) in [6.45, 7) is 5.41. The molecular weight excluding hydrogens is 589 g/mol. The number of anilines is 2. The third-order valence-corrected chi connectivity index (χ3v) is 11.3. The monoisotopic (exact) mass is 626 g/mol. The Labute approximate surface area is 267 Å². The molecule has 1 N–H and O–H groups in total. The van der Waals surface area contributed by atoms with Gasteiger partial charge in [0.2, 0.25) is 0 Å². The summed E-state index contributed by atoms with van der Waals surface area (Å²) in [5, 5.41) is 18.6. The Morgan fingerprint density at radius 2 is 1.49 bits per heavy atom. The van der Waals surface area contributed by atoms with Crippen LogP contribution in [-0.2, 0) is 11.2 Å². The van der Waals surface area contributed by atoms with Crippen LogP contribution in [-0.4, -0.2) is 17.6 Å². The van der Waals surface area contributed by atoms with Gasteiger partial charge in [-0.3, -0.25) is 0 Å². The van der Waals surface area contributed by atoms with Crippen LogP contribution in [0.4, 0.5) is 11.4 Å². The van der Waals surface area contributed by atoms with E-state index >= 15 is 0 Å². The minimum absolute atomic E-state index is 0.261.